The van der Waals surface area contributed by atoms with Crippen molar-refractivity contribution < 1.29 is 14.3 Å². The number of aromatic amines is 1. The minimum atomic E-state index is -0.612. The second-order valence-electron chi connectivity index (χ2n) is 4.21. The van der Waals surface area contributed by atoms with Crippen LogP contribution in [0.3, 0.4) is 0 Å². The van der Waals surface area contributed by atoms with Crippen LogP contribution in [-0.4, -0.2) is 29.7 Å². The van der Waals surface area contributed by atoms with E-state index in [-0.39, 0.29) is 12.0 Å². The summed E-state index contributed by atoms with van der Waals surface area (Å²) in [6, 6.07) is 6.72. The van der Waals surface area contributed by atoms with E-state index in [1.54, 1.807) is 25.3 Å². The van der Waals surface area contributed by atoms with Gasteiger partial charge in [0.2, 0.25) is 5.24 Å². The van der Waals surface area contributed by atoms with Crippen LogP contribution in [-0.2, 0) is 11.2 Å². The number of hydrogen-bond acceptors (Lipinski definition) is 5. The lowest BCUT2D eigenvalue weighted by Crippen LogP contribution is -2.16. The van der Waals surface area contributed by atoms with Gasteiger partial charge in [-0.3, -0.25) is 9.59 Å². The molecule has 0 bridgehead atoms. The number of rotatable bonds is 5. The summed E-state index contributed by atoms with van der Waals surface area (Å²) in [6.07, 6.45) is -0.162. The fourth-order valence-electron chi connectivity index (χ4n) is 1.87. The fraction of sp³-hybridized carbons (Fsp3) is 0.214. The van der Waals surface area contributed by atoms with Gasteiger partial charge in [-0.1, -0.05) is 0 Å². The first-order valence-electron chi connectivity index (χ1n) is 6.04. The molecule has 0 fully saturated rings. The van der Waals surface area contributed by atoms with Crippen LogP contribution in [0, 0.1) is 0 Å². The molecular weight excluding hydrogens is 296 g/mol. The van der Waals surface area contributed by atoms with Crippen LogP contribution >= 0.6 is 11.6 Å². The Hall–Kier alpha value is -2.34. The molecule has 0 amide bonds. The lowest BCUT2D eigenvalue weighted by atomic mass is 10.1. The molecule has 0 aliphatic heterocycles. The Bertz CT molecular complexity index is 727. The minimum Gasteiger partial charge on any atom is -0.497 e. The first-order valence-corrected chi connectivity index (χ1v) is 6.42. The zero-order valence-electron chi connectivity index (χ0n) is 11.5. The van der Waals surface area contributed by atoms with Crippen LogP contribution in [0.25, 0.3) is 11.3 Å². The fourth-order valence-corrected chi connectivity index (χ4v) is 2.02. The predicted octanol–water partition coefficient (Wildman–Crippen LogP) is 1.76. The molecule has 110 valence electrons. The number of nitrogens with zero attached hydrogens (tertiary/aromatic N) is 1. The molecule has 0 saturated carbocycles. The normalized spacial score (nSPS) is 10.2. The molecule has 0 aliphatic carbocycles. The van der Waals surface area contributed by atoms with Gasteiger partial charge in [-0.15, -0.1) is 0 Å². The smallest absolute Gasteiger partial charge is 0.267 e. The third-order valence-corrected chi connectivity index (χ3v) is 3.03. The summed E-state index contributed by atoms with van der Waals surface area (Å²) >= 11 is 5.33. The molecule has 0 spiro atoms. The monoisotopic (exact) mass is 308 g/mol. The lowest BCUT2D eigenvalue weighted by Gasteiger charge is -2.10. The van der Waals surface area contributed by atoms with Crippen LogP contribution in [0.1, 0.15) is 5.56 Å². The maximum atomic E-state index is 11.6. The number of carbonyl (C=O) groups is 1. The van der Waals surface area contributed by atoms with Crippen molar-refractivity contribution in [2.75, 3.05) is 14.2 Å². The van der Waals surface area contributed by atoms with Gasteiger partial charge in [0.1, 0.15) is 11.5 Å². The number of carbonyl (C=O) groups excluding carboxylic acids is 1. The number of benzene rings is 1. The molecule has 1 N–H and O–H groups in total. The van der Waals surface area contributed by atoms with E-state index in [1.807, 2.05) is 0 Å². The van der Waals surface area contributed by atoms with Crippen molar-refractivity contribution >= 4 is 16.8 Å². The third-order valence-electron chi connectivity index (χ3n) is 2.89. The summed E-state index contributed by atoms with van der Waals surface area (Å²) in [7, 11) is 3.07. The van der Waals surface area contributed by atoms with E-state index in [1.165, 1.54) is 13.2 Å². The number of ether oxygens (including phenoxy) is 2. The summed E-state index contributed by atoms with van der Waals surface area (Å²) in [5, 5.41) is 5.71. The van der Waals surface area contributed by atoms with Gasteiger partial charge < -0.3 is 9.47 Å². The van der Waals surface area contributed by atoms with Gasteiger partial charge in [0.15, 0.2) is 0 Å². The van der Waals surface area contributed by atoms with Crippen molar-refractivity contribution in [3.8, 4) is 22.8 Å². The molecule has 0 aliphatic rings. The van der Waals surface area contributed by atoms with E-state index < -0.39 is 10.8 Å². The summed E-state index contributed by atoms with van der Waals surface area (Å²) in [5.74, 6) is 1.17. The zero-order chi connectivity index (χ0) is 15.4. The van der Waals surface area contributed by atoms with Crippen molar-refractivity contribution in [2.45, 2.75) is 6.42 Å². The van der Waals surface area contributed by atoms with Gasteiger partial charge in [0.25, 0.3) is 5.56 Å². The highest BCUT2D eigenvalue weighted by atomic mass is 35.5. The Kier molecular flexibility index (Phi) is 4.59. The van der Waals surface area contributed by atoms with E-state index in [0.29, 0.717) is 22.8 Å². The van der Waals surface area contributed by atoms with E-state index in [9.17, 15) is 9.59 Å². The van der Waals surface area contributed by atoms with Crippen molar-refractivity contribution in [1.29, 1.82) is 0 Å². The standard InChI is InChI=1S/C14H13ClN2O4/c1-20-9-3-4-10(12(7-9)21-2)11-5-8(6-13(15)18)14(19)17-16-11/h3-5,7H,6H2,1-2H3,(H,17,19). The van der Waals surface area contributed by atoms with E-state index >= 15 is 0 Å². The SMILES string of the molecule is COc1ccc(-c2cc(CC(=O)Cl)c(=O)[nH]n2)c(OC)c1. The van der Waals surface area contributed by atoms with Gasteiger partial charge in [0.05, 0.1) is 26.3 Å². The van der Waals surface area contributed by atoms with Crippen LogP contribution in [0.5, 0.6) is 11.5 Å². The number of methoxy groups -OCH3 is 2. The molecule has 0 saturated heterocycles. The first-order chi connectivity index (χ1) is 10.0. The molecule has 6 nitrogen and oxygen atoms in total. The third kappa shape index (κ3) is 3.41. The average molecular weight is 309 g/mol. The number of aromatic nitrogens is 2. The summed E-state index contributed by atoms with van der Waals surface area (Å²) < 4.78 is 10.4. The van der Waals surface area contributed by atoms with Gasteiger partial charge in [-0.2, -0.15) is 5.10 Å². The molecule has 0 atom stereocenters. The van der Waals surface area contributed by atoms with Crippen LogP contribution < -0.4 is 15.0 Å². The van der Waals surface area contributed by atoms with Crippen molar-refractivity contribution in [3.05, 3.63) is 40.2 Å². The highest BCUT2D eigenvalue weighted by Crippen LogP contribution is 2.31. The average Bonchev–Trinajstić information content (AvgIpc) is 2.48. The Morgan fingerprint density at radius 3 is 2.67 bits per heavy atom. The Morgan fingerprint density at radius 2 is 2.05 bits per heavy atom. The van der Waals surface area contributed by atoms with Gasteiger partial charge in [-0.05, 0) is 29.8 Å². The van der Waals surface area contributed by atoms with E-state index in [2.05, 4.69) is 10.2 Å². The summed E-state index contributed by atoms with van der Waals surface area (Å²) in [5.41, 5.74) is 0.943. The number of H-pyrrole nitrogens is 1. The van der Waals surface area contributed by atoms with Crippen molar-refractivity contribution in [2.24, 2.45) is 0 Å². The number of nitrogens with one attached hydrogen (secondary N) is 1. The van der Waals surface area contributed by atoms with Crippen LogP contribution in [0.2, 0.25) is 0 Å². The first kappa shape index (κ1) is 15.1. The molecule has 0 unspecified atom stereocenters. The quantitative estimate of drug-likeness (QED) is 0.851. The molecule has 1 heterocycles. The van der Waals surface area contributed by atoms with Gasteiger partial charge in [0, 0.05) is 17.2 Å². The summed E-state index contributed by atoms with van der Waals surface area (Å²) in [6.45, 7) is 0. The highest BCUT2D eigenvalue weighted by Gasteiger charge is 2.12. The van der Waals surface area contributed by atoms with Crippen LogP contribution in [0.4, 0.5) is 0 Å². The lowest BCUT2D eigenvalue weighted by molar-refractivity contribution is -0.111. The molecule has 2 rings (SSSR count). The Balaban J connectivity index is 2.51. The second kappa shape index (κ2) is 6.41. The molecule has 1 aromatic heterocycles. The largest absolute Gasteiger partial charge is 0.497 e. The van der Waals surface area contributed by atoms with Gasteiger partial charge >= 0.3 is 0 Å². The predicted molar refractivity (Wildman–Crippen MR) is 78.0 cm³/mol. The second-order valence-corrected chi connectivity index (χ2v) is 4.63. The number of halogens is 1. The van der Waals surface area contributed by atoms with Crippen molar-refractivity contribution in [1.82, 2.24) is 10.2 Å². The maximum Gasteiger partial charge on any atom is 0.267 e. The van der Waals surface area contributed by atoms with Crippen molar-refractivity contribution in [3.63, 3.8) is 0 Å². The van der Waals surface area contributed by atoms with Crippen LogP contribution in [0.15, 0.2) is 29.1 Å². The molecule has 1 aromatic carbocycles. The minimum absolute atomic E-state index is 0.162. The Labute approximate surface area is 125 Å². The molecular formula is C14H13ClN2O4. The van der Waals surface area contributed by atoms with E-state index in [0.717, 1.165) is 0 Å². The molecule has 21 heavy (non-hydrogen) atoms. The maximum absolute atomic E-state index is 11.6. The zero-order valence-corrected chi connectivity index (χ0v) is 12.2. The van der Waals surface area contributed by atoms with Gasteiger partial charge in [-0.25, -0.2) is 5.10 Å². The molecule has 2 aromatic rings. The number of hydrogen-bond donors (Lipinski definition) is 1. The van der Waals surface area contributed by atoms with E-state index in [4.69, 9.17) is 21.1 Å². The highest BCUT2D eigenvalue weighted by molar-refractivity contribution is 6.63. The summed E-state index contributed by atoms with van der Waals surface area (Å²) in [4.78, 5) is 22.6. The molecule has 7 heteroatoms. The molecule has 0 radical (unpaired) electrons. The Morgan fingerprint density at radius 1 is 1.29 bits per heavy atom. The topological polar surface area (TPSA) is 81.3 Å².